The molecule has 4 saturated heterocycles. The fraction of sp³-hybridized carbons (Fsp3) is 0.411. The van der Waals surface area contributed by atoms with Gasteiger partial charge in [-0.25, -0.2) is 18.0 Å². The van der Waals surface area contributed by atoms with E-state index < -0.39 is 16.8 Å². The second-order valence-electron chi connectivity index (χ2n) is 23.5. The Balaban J connectivity index is 0.000000175. The Morgan fingerprint density at radius 1 is 0.563 bits per heavy atom. The van der Waals surface area contributed by atoms with Gasteiger partial charge in [0.05, 0.1) is 11.2 Å². The molecular weight excluding hydrogens is 1120 g/mol. The lowest BCUT2D eigenvalue weighted by Crippen LogP contribution is -2.50. The number of nitrogens with one attached hydrogen (secondary N) is 1. The lowest BCUT2D eigenvalue weighted by Gasteiger charge is -2.43. The number of carbonyl (C=O) groups excluding carboxylic acids is 1. The van der Waals surface area contributed by atoms with E-state index in [1.807, 2.05) is 11.0 Å². The van der Waals surface area contributed by atoms with Gasteiger partial charge in [-0.3, -0.25) is 0 Å². The van der Waals surface area contributed by atoms with Gasteiger partial charge in [-0.05, 0) is 191 Å². The van der Waals surface area contributed by atoms with Crippen LogP contribution in [0.5, 0.6) is 0 Å². The van der Waals surface area contributed by atoms with Crippen LogP contribution in [-0.4, -0.2) is 99.1 Å². The molecule has 4 aliphatic heterocycles. The zero-order chi connectivity index (χ0) is 61.9. The summed E-state index contributed by atoms with van der Waals surface area (Å²) in [6.45, 7) is 21.6. The fourth-order valence-corrected chi connectivity index (χ4v) is 12.5. The van der Waals surface area contributed by atoms with Crippen LogP contribution in [0.15, 0.2) is 202 Å². The van der Waals surface area contributed by atoms with Crippen molar-refractivity contribution in [2.45, 2.75) is 93.9 Å². The minimum absolute atomic E-state index is 0.280. The number of carbonyl (C=O) groups is 1. The number of para-hydroxylation sites is 3. The molecule has 4 fully saturated rings. The van der Waals surface area contributed by atoms with E-state index in [-0.39, 0.29) is 23.5 Å². The van der Waals surface area contributed by atoms with Crippen molar-refractivity contribution in [2.75, 3.05) is 92.6 Å². The molecule has 14 heteroatoms. The number of anilines is 3. The van der Waals surface area contributed by atoms with Gasteiger partial charge in [0.2, 0.25) is 0 Å². The van der Waals surface area contributed by atoms with Gasteiger partial charge in [0.1, 0.15) is 23.1 Å². The molecule has 6 aromatic carbocycles. The first-order chi connectivity index (χ1) is 42.2. The first-order valence-corrected chi connectivity index (χ1v) is 31.7. The molecule has 0 radical (unpaired) electrons. The van der Waals surface area contributed by atoms with E-state index >= 15 is 0 Å². The first kappa shape index (κ1) is 67.6. The fourth-order valence-electron chi connectivity index (χ4n) is 12.2. The normalized spacial score (nSPS) is 18.9. The molecule has 5 N–H and O–H groups in total. The molecule has 0 aromatic heterocycles. The summed E-state index contributed by atoms with van der Waals surface area (Å²) in [5, 5.41) is 24.8. The molecule has 3 atom stereocenters. The van der Waals surface area contributed by atoms with Crippen LogP contribution in [0.4, 0.5) is 35.0 Å². The first-order valence-electron chi connectivity index (χ1n) is 31.1. The third-order valence-electron chi connectivity index (χ3n) is 17.6. The van der Waals surface area contributed by atoms with Crippen LogP contribution in [0.1, 0.15) is 93.7 Å². The molecule has 10 rings (SSSR count). The number of aliphatic hydroxyl groups is 2. The molecule has 0 saturated carbocycles. The van der Waals surface area contributed by atoms with E-state index in [2.05, 4.69) is 125 Å². The van der Waals surface area contributed by atoms with E-state index in [4.69, 9.17) is 22.1 Å². The monoisotopic (exact) mass is 1210 g/mol. The smallest absolute Gasteiger partial charge is 0.410 e. The summed E-state index contributed by atoms with van der Waals surface area (Å²) in [5.74, 6) is 1.35. The zero-order valence-corrected chi connectivity index (χ0v) is 51.5. The average Bonchev–Trinajstić information content (AvgIpc) is 3.12. The Hall–Kier alpha value is -6.87. The summed E-state index contributed by atoms with van der Waals surface area (Å²) >= 11 is 5.63. The third-order valence-corrected chi connectivity index (χ3v) is 17.8. The van der Waals surface area contributed by atoms with E-state index in [1.165, 1.54) is 79.1 Å². The number of ether oxygens (including phenoxy) is 1. The number of amides is 1. The van der Waals surface area contributed by atoms with Crippen molar-refractivity contribution in [1.82, 2.24) is 10.2 Å². The number of nitrogens with two attached hydrogens (primary N) is 1. The maximum atomic E-state index is 13.4. The van der Waals surface area contributed by atoms with Crippen molar-refractivity contribution in [1.29, 1.82) is 0 Å². The molecule has 4 heterocycles. The molecule has 1 amide bonds. The highest BCUT2D eigenvalue weighted by Gasteiger charge is 2.42. The number of benzene rings is 6. The topological polar surface area (TPSA) is 118 Å². The number of hydrogen-bond acceptors (Lipinski definition) is 9. The molecule has 3 unspecified atom stereocenters. The van der Waals surface area contributed by atoms with Gasteiger partial charge in [-0.15, -0.1) is 31.3 Å². The highest BCUT2D eigenvalue weighted by atomic mass is 35.5. The van der Waals surface area contributed by atoms with E-state index in [0.717, 1.165) is 95.3 Å². The molecule has 0 aliphatic carbocycles. The third kappa shape index (κ3) is 20.3. The lowest BCUT2D eigenvalue weighted by atomic mass is 9.85. The predicted octanol–water partition coefficient (Wildman–Crippen LogP) is 14.9. The Bertz CT molecular complexity index is 2950. The summed E-state index contributed by atoms with van der Waals surface area (Å²) in [4.78, 5) is 22.0. The molecular formula is C73H92ClF3N6O4. The quantitative estimate of drug-likeness (QED) is 0.0299. The molecule has 4 aliphatic rings. The van der Waals surface area contributed by atoms with Gasteiger partial charge in [-0.2, -0.15) is 0 Å². The summed E-state index contributed by atoms with van der Waals surface area (Å²) in [6, 6.07) is 49.9. The number of halogens is 4. The van der Waals surface area contributed by atoms with Crippen molar-refractivity contribution >= 4 is 34.8 Å². The Morgan fingerprint density at radius 3 is 1.36 bits per heavy atom. The number of cyclic esters (lactones) is 1. The molecule has 466 valence electrons. The number of alkyl halides is 1. The Labute approximate surface area is 521 Å². The van der Waals surface area contributed by atoms with Crippen molar-refractivity contribution in [3.05, 3.63) is 236 Å². The van der Waals surface area contributed by atoms with Crippen LogP contribution in [0.2, 0.25) is 0 Å². The Morgan fingerprint density at radius 2 is 0.966 bits per heavy atom. The number of piperidine rings is 3. The van der Waals surface area contributed by atoms with Crippen LogP contribution in [0.25, 0.3) is 0 Å². The van der Waals surface area contributed by atoms with Crippen LogP contribution >= 0.6 is 11.6 Å². The van der Waals surface area contributed by atoms with Crippen molar-refractivity contribution in [3.63, 3.8) is 0 Å². The van der Waals surface area contributed by atoms with Crippen LogP contribution < -0.4 is 25.8 Å². The molecule has 0 spiro atoms. The highest BCUT2D eigenvalue weighted by molar-refractivity contribution is 6.17. The lowest BCUT2D eigenvalue weighted by molar-refractivity contribution is -0.0542. The molecule has 10 nitrogen and oxygen atoms in total. The second kappa shape index (κ2) is 34.6. The summed E-state index contributed by atoms with van der Waals surface area (Å²) in [7, 11) is 0. The second-order valence-corrected chi connectivity index (χ2v) is 23.9. The summed E-state index contributed by atoms with van der Waals surface area (Å²) in [5.41, 5.74) is 9.05. The standard InChI is InChI=1S/C25H29FN2O2.C24H31FN2O.C12H14ClFO.C12H18N2/c1-2-14-25(21-8-10-22(26)11-9-21)15-18-28(24(29)30-25)19-20-12-16-27(17-13-20)23-6-4-3-5-7-23;1-2-14-24(28,21-8-10-22(25)11-9-21)15-16-26-19-20-12-17-27(18-13-20)23-6-4-3-5-7-23;1-2-7-12(15,8-9-13)10-3-5-11(14)6-4-10;13-10-11-6-8-14(9-7-11)12-4-2-1-3-5-12/h2-11,20H,1,12-19H2;2-11,20,26,28H,1,12-19H2;2-6,15H,1,7-9H2;1-5,11H,6-10,13H2. The van der Waals surface area contributed by atoms with E-state index in [9.17, 15) is 28.2 Å². The molecule has 87 heavy (non-hydrogen) atoms. The van der Waals surface area contributed by atoms with Crippen LogP contribution in [0, 0.1) is 35.2 Å². The van der Waals surface area contributed by atoms with Gasteiger partial charge in [0.25, 0.3) is 0 Å². The summed E-state index contributed by atoms with van der Waals surface area (Å²) in [6.07, 6.45) is 14.9. The predicted molar refractivity (Wildman–Crippen MR) is 352 cm³/mol. The maximum Gasteiger partial charge on any atom is 0.410 e. The highest BCUT2D eigenvalue weighted by Crippen LogP contribution is 2.39. The van der Waals surface area contributed by atoms with E-state index in [0.29, 0.717) is 68.3 Å². The molecule has 0 bridgehead atoms. The largest absolute Gasteiger partial charge is 0.437 e. The van der Waals surface area contributed by atoms with Crippen molar-refractivity contribution in [2.24, 2.45) is 23.5 Å². The van der Waals surface area contributed by atoms with Crippen molar-refractivity contribution in [3.8, 4) is 0 Å². The number of nitrogens with zero attached hydrogens (tertiary/aromatic N) is 4. The number of hydrogen-bond donors (Lipinski definition) is 4. The average molecular weight is 1210 g/mol. The van der Waals surface area contributed by atoms with Crippen LogP contribution in [0.3, 0.4) is 0 Å². The minimum atomic E-state index is -1.03. The van der Waals surface area contributed by atoms with Gasteiger partial charge < -0.3 is 45.6 Å². The van der Waals surface area contributed by atoms with Gasteiger partial charge in [-0.1, -0.05) is 109 Å². The van der Waals surface area contributed by atoms with Crippen LogP contribution in [-0.2, 0) is 21.5 Å². The SMILES string of the molecule is C=CCC(O)(CCCl)c1ccc(F)cc1.C=CCC(O)(CCNCC1CCN(c2ccccc2)CC1)c1ccc(F)cc1.C=CCC1(c2ccc(F)cc2)CCN(CC2CCN(c3ccccc3)CC2)C(=O)O1.NCC1CCN(c2ccccc2)CC1. The molecule has 6 aromatic rings. The van der Waals surface area contributed by atoms with Gasteiger partial charge in [0, 0.05) is 88.1 Å². The minimum Gasteiger partial charge on any atom is -0.437 e. The van der Waals surface area contributed by atoms with E-state index in [1.54, 1.807) is 54.6 Å². The zero-order valence-electron chi connectivity index (χ0n) is 50.7. The summed E-state index contributed by atoms with van der Waals surface area (Å²) < 4.78 is 45.2. The Kier molecular flexibility index (Phi) is 26.9. The number of rotatable bonds is 22. The van der Waals surface area contributed by atoms with Crippen molar-refractivity contribution < 1.29 is 32.9 Å². The van der Waals surface area contributed by atoms with Gasteiger partial charge in [0.15, 0.2) is 0 Å². The van der Waals surface area contributed by atoms with Gasteiger partial charge >= 0.3 is 6.09 Å². The maximum absolute atomic E-state index is 13.4.